The van der Waals surface area contributed by atoms with Crippen molar-refractivity contribution in [2.75, 3.05) is 4.31 Å². The monoisotopic (exact) mass is 363 g/mol. The summed E-state index contributed by atoms with van der Waals surface area (Å²) in [6, 6.07) is 10.8. The lowest BCUT2D eigenvalue weighted by molar-refractivity contribution is -0.139. The summed E-state index contributed by atoms with van der Waals surface area (Å²) < 4.78 is 22.5. The summed E-state index contributed by atoms with van der Waals surface area (Å²) in [7, 11) is 0. The van der Waals surface area contributed by atoms with Gasteiger partial charge in [-0.05, 0) is 53.8 Å². The Labute approximate surface area is 149 Å². The Morgan fingerprint density at radius 1 is 1.08 bits per heavy atom. The third-order valence-corrected chi connectivity index (χ3v) is 4.70. The third-order valence-electron chi connectivity index (χ3n) is 3.94. The minimum Gasteiger partial charge on any atom is -0.508 e. The second kappa shape index (κ2) is 7.67. The van der Waals surface area contributed by atoms with E-state index in [0.717, 1.165) is 15.4 Å². The molecule has 2 unspecified atom stereocenters. The van der Waals surface area contributed by atoms with Crippen LogP contribution in [0.5, 0.6) is 5.75 Å². The average molecular weight is 363 g/mol. The lowest BCUT2D eigenvalue weighted by Crippen LogP contribution is -2.46. The van der Waals surface area contributed by atoms with E-state index < -0.39 is 23.3 Å². The van der Waals surface area contributed by atoms with Crippen LogP contribution in [0.2, 0.25) is 0 Å². The lowest BCUT2D eigenvalue weighted by atomic mass is 10.00. The van der Waals surface area contributed by atoms with Gasteiger partial charge in [-0.1, -0.05) is 32.0 Å². The fourth-order valence-corrected chi connectivity index (χ4v) is 3.62. The van der Waals surface area contributed by atoms with Crippen molar-refractivity contribution in [3.63, 3.8) is 0 Å². The first-order valence-corrected chi connectivity index (χ1v) is 8.81. The number of carboxylic acid groups (broad SMARTS) is 1. The van der Waals surface area contributed by atoms with Crippen LogP contribution in [0, 0.1) is 12.8 Å². The van der Waals surface area contributed by atoms with Gasteiger partial charge in [0.2, 0.25) is 0 Å². The molecule has 0 bridgehead atoms. The first-order chi connectivity index (χ1) is 11.7. The minimum absolute atomic E-state index is 0.167. The van der Waals surface area contributed by atoms with Crippen LogP contribution in [0.25, 0.3) is 11.1 Å². The number of hydrogen-bond donors (Lipinski definition) is 3. The quantitative estimate of drug-likeness (QED) is 0.683. The minimum atomic E-state index is -2.47. The predicted molar refractivity (Wildman–Crippen MR) is 97.8 cm³/mol. The molecule has 2 aromatic rings. The van der Waals surface area contributed by atoms with Crippen LogP contribution in [0.1, 0.15) is 19.4 Å². The SMILES string of the molecule is Cc1cc(-c2ccc(O)cc2)ccc1N(C(C(=O)O)C(C)C)S(=O)O. The number of hydrogen-bond acceptors (Lipinski definition) is 3. The Morgan fingerprint density at radius 2 is 1.64 bits per heavy atom. The number of nitrogens with zero attached hydrogens (tertiary/aromatic N) is 1. The van der Waals surface area contributed by atoms with E-state index in [2.05, 4.69) is 0 Å². The van der Waals surface area contributed by atoms with Crippen molar-refractivity contribution in [3.05, 3.63) is 48.0 Å². The number of phenols is 1. The third kappa shape index (κ3) is 4.18. The molecular weight excluding hydrogens is 342 g/mol. The number of carbonyl (C=O) groups is 1. The smallest absolute Gasteiger partial charge is 0.327 e. The number of benzene rings is 2. The van der Waals surface area contributed by atoms with Gasteiger partial charge >= 0.3 is 5.97 Å². The number of carboxylic acids is 1. The van der Waals surface area contributed by atoms with Crippen molar-refractivity contribution in [2.45, 2.75) is 26.8 Å². The zero-order valence-electron chi connectivity index (χ0n) is 14.2. The first kappa shape index (κ1) is 19.0. The zero-order valence-corrected chi connectivity index (χ0v) is 15.0. The number of aliphatic carboxylic acids is 1. The number of anilines is 1. The summed E-state index contributed by atoms with van der Waals surface area (Å²) in [5.74, 6) is -1.34. The predicted octanol–water partition coefficient (Wildman–Crippen LogP) is 3.42. The summed E-state index contributed by atoms with van der Waals surface area (Å²) in [5, 5.41) is 18.8. The Morgan fingerprint density at radius 3 is 2.08 bits per heavy atom. The number of rotatable bonds is 6. The van der Waals surface area contributed by atoms with Gasteiger partial charge in [0.05, 0.1) is 5.69 Å². The fraction of sp³-hybridized carbons (Fsp3) is 0.278. The van der Waals surface area contributed by atoms with Gasteiger partial charge in [-0.3, -0.25) is 8.86 Å². The molecule has 0 aliphatic carbocycles. The standard InChI is InChI=1S/C18H21NO5S/c1-11(2)17(18(21)22)19(25(23)24)16-9-6-14(10-12(16)3)13-4-7-15(20)8-5-13/h4-11,17,20H,1-3H3,(H,21,22)(H,23,24). The van der Waals surface area contributed by atoms with Crippen molar-refractivity contribution in [1.29, 1.82) is 0 Å². The topological polar surface area (TPSA) is 98.1 Å². The molecule has 0 heterocycles. The molecule has 0 saturated carbocycles. The van der Waals surface area contributed by atoms with Crippen molar-refractivity contribution >= 4 is 22.9 Å². The molecule has 0 saturated heterocycles. The Hall–Kier alpha value is -2.38. The molecule has 25 heavy (non-hydrogen) atoms. The van der Waals surface area contributed by atoms with Gasteiger partial charge in [0.25, 0.3) is 11.3 Å². The fourth-order valence-electron chi connectivity index (χ4n) is 2.72. The van der Waals surface area contributed by atoms with E-state index in [1.807, 2.05) is 6.07 Å². The van der Waals surface area contributed by atoms with E-state index >= 15 is 0 Å². The molecule has 2 atom stereocenters. The highest BCUT2D eigenvalue weighted by Gasteiger charge is 2.33. The van der Waals surface area contributed by atoms with Gasteiger partial charge in [0.15, 0.2) is 0 Å². The molecule has 0 aromatic heterocycles. The van der Waals surface area contributed by atoms with Crippen LogP contribution in [0.15, 0.2) is 42.5 Å². The molecule has 0 spiro atoms. The summed E-state index contributed by atoms with van der Waals surface area (Å²) in [6.45, 7) is 5.15. The highest BCUT2D eigenvalue weighted by Crippen LogP contribution is 2.31. The van der Waals surface area contributed by atoms with E-state index in [4.69, 9.17) is 0 Å². The highest BCUT2D eigenvalue weighted by molar-refractivity contribution is 7.80. The number of phenolic OH excluding ortho intramolecular Hbond substituents is 1. The van der Waals surface area contributed by atoms with Gasteiger partial charge in [-0.2, -0.15) is 0 Å². The molecular formula is C18H21NO5S. The molecule has 3 N–H and O–H groups in total. The average Bonchev–Trinajstić information content (AvgIpc) is 2.52. The van der Waals surface area contributed by atoms with Crippen molar-refractivity contribution in [2.24, 2.45) is 5.92 Å². The Balaban J connectivity index is 2.48. The molecule has 0 aliphatic rings. The van der Waals surface area contributed by atoms with E-state index in [9.17, 15) is 23.8 Å². The van der Waals surface area contributed by atoms with Gasteiger partial charge in [0.1, 0.15) is 11.8 Å². The van der Waals surface area contributed by atoms with Crippen LogP contribution in [0.3, 0.4) is 0 Å². The largest absolute Gasteiger partial charge is 0.508 e. The molecule has 0 fully saturated rings. The highest BCUT2D eigenvalue weighted by atomic mass is 32.2. The van der Waals surface area contributed by atoms with Crippen molar-refractivity contribution in [1.82, 2.24) is 0 Å². The second-order valence-corrected chi connectivity index (χ2v) is 6.99. The maximum Gasteiger partial charge on any atom is 0.327 e. The van der Waals surface area contributed by atoms with Gasteiger partial charge < -0.3 is 10.2 Å². The maximum absolute atomic E-state index is 11.8. The van der Waals surface area contributed by atoms with E-state index in [-0.39, 0.29) is 11.7 Å². The van der Waals surface area contributed by atoms with E-state index in [1.54, 1.807) is 57.2 Å². The molecule has 6 nitrogen and oxygen atoms in total. The number of aryl methyl sites for hydroxylation is 1. The van der Waals surface area contributed by atoms with Crippen LogP contribution in [-0.4, -0.2) is 31.0 Å². The van der Waals surface area contributed by atoms with E-state index in [1.165, 1.54) is 0 Å². The molecule has 0 aliphatic heterocycles. The molecule has 0 radical (unpaired) electrons. The van der Waals surface area contributed by atoms with Gasteiger partial charge in [0, 0.05) is 0 Å². The summed E-state index contributed by atoms with van der Waals surface area (Å²) in [5.41, 5.74) is 2.81. The van der Waals surface area contributed by atoms with Crippen LogP contribution >= 0.6 is 0 Å². The van der Waals surface area contributed by atoms with Crippen molar-refractivity contribution in [3.8, 4) is 16.9 Å². The first-order valence-electron chi connectivity index (χ1n) is 7.75. The van der Waals surface area contributed by atoms with Crippen molar-refractivity contribution < 1.29 is 23.8 Å². The Kier molecular flexibility index (Phi) is 5.81. The number of aromatic hydroxyl groups is 1. The molecule has 7 heteroatoms. The normalized spacial score (nSPS) is 13.5. The van der Waals surface area contributed by atoms with Crippen LogP contribution in [0.4, 0.5) is 5.69 Å². The lowest BCUT2D eigenvalue weighted by Gasteiger charge is -2.30. The maximum atomic E-state index is 11.8. The molecule has 2 rings (SSSR count). The molecule has 134 valence electrons. The van der Waals surface area contributed by atoms with Crippen LogP contribution < -0.4 is 4.31 Å². The molecule has 0 amide bonds. The van der Waals surface area contributed by atoms with E-state index in [0.29, 0.717) is 11.3 Å². The zero-order chi connectivity index (χ0) is 18.7. The summed E-state index contributed by atoms with van der Waals surface area (Å²) in [6.07, 6.45) is 0. The van der Waals surface area contributed by atoms with Gasteiger partial charge in [-0.15, -0.1) is 0 Å². The summed E-state index contributed by atoms with van der Waals surface area (Å²) >= 11 is -2.47. The Bertz CT molecular complexity index is 789. The van der Waals surface area contributed by atoms with Gasteiger partial charge in [-0.25, -0.2) is 9.00 Å². The van der Waals surface area contributed by atoms with Crippen LogP contribution in [-0.2, 0) is 16.1 Å². The summed E-state index contributed by atoms with van der Waals surface area (Å²) in [4.78, 5) is 11.6. The molecule has 2 aromatic carbocycles. The second-order valence-electron chi connectivity index (χ2n) is 6.13.